The second-order valence-electron chi connectivity index (χ2n) is 2.46. The van der Waals surface area contributed by atoms with Gasteiger partial charge in [-0.25, -0.2) is 0 Å². The van der Waals surface area contributed by atoms with E-state index >= 15 is 0 Å². The van der Waals surface area contributed by atoms with Crippen LogP contribution < -0.4 is 5.73 Å². The summed E-state index contributed by atoms with van der Waals surface area (Å²) in [7, 11) is 0. The number of benzene rings is 1. The maximum Gasteiger partial charge on any atom is 0.134 e. The topological polar surface area (TPSA) is 60.2 Å². The highest BCUT2D eigenvalue weighted by molar-refractivity contribution is 5.85. The molecule has 3 heteroatoms. The lowest BCUT2D eigenvalue weighted by atomic mass is 10.0. The van der Waals surface area contributed by atoms with Gasteiger partial charge in [-0.2, -0.15) is 0 Å². The van der Waals surface area contributed by atoms with Crippen molar-refractivity contribution in [2.75, 3.05) is 5.73 Å². The molecule has 0 radical (unpaired) electrons. The van der Waals surface area contributed by atoms with Crippen molar-refractivity contribution in [2.45, 2.75) is 5.92 Å². The van der Waals surface area contributed by atoms with E-state index in [0.717, 1.165) is 0 Å². The Bertz CT molecular complexity index is 271. The first kappa shape index (κ1) is 8.46. The highest BCUT2D eigenvalue weighted by Crippen LogP contribution is 2.12. The Morgan fingerprint density at radius 1 is 1.08 bits per heavy atom. The fraction of sp³-hybridized carbons (Fsp3) is 0.111. The molecule has 62 valence electrons. The SMILES string of the molecule is Nc1ccc(C(C=O)C=O)cc1. The molecule has 0 spiro atoms. The molecule has 0 unspecified atom stereocenters. The molecule has 0 aliphatic rings. The fourth-order valence-electron chi connectivity index (χ4n) is 0.907. The van der Waals surface area contributed by atoms with Crippen LogP contribution in [0.2, 0.25) is 0 Å². The van der Waals surface area contributed by atoms with Gasteiger partial charge >= 0.3 is 0 Å². The smallest absolute Gasteiger partial charge is 0.134 e. The van der Waals surface area contributed by atoms with E-state index in [1.165, 1.54) is 0 Å². The Kier molecular flexibility index (Phi) is 2.58. The summed E-state index contributed by atoms with van der Waals surface area (Å²) in [4.78, 5) is 20.7. The van der Waals surface area contributed by atoms with Gasteiger partial charge in [-0.1, -0.05) is 12.1 Å². The molecule has 0 bridgehead atoms. The van der Waals surface area contributed by atoms with Crippen LogP contribution in [0.15, 0.2) is 24.3 Å². The summed E-state index contributed by atoms with van der Waals surface area (Å²) < 4.78 is 0. The summed E-state index contributed by atoms with van der Waals surface area (Å²) in [6.45, 7) is 0. The van der Waals surface area contributed by atoms with E-state index in [9.17, 15) is 9.59 Å². The third-order valence-corrected chi connectivity index (χ3v) is 1.61. The average Bonchev–Trinajstić information content (AvgIpc) is 2.10. The third kappa shape index (κ3) is 1.69. The van der Waals surface area contributed by atoms with Crippen molar-refractivity contribution in [3.63, 3.8) is 0 Å². The highest BCUT2D eigenvalue weighted by Gasteiger charge is 2.07. The van der Waals surface area contributed by atoms with Crippen molar-refractivity contribution in [2.24, 2.45) is 0 Å². The normalized spacial score (nSPS) is 9.75. The lowest BCUT2D eigenvalue weighted by molar-refractivity contribution is -0.116. The maximum atomic E-state index is 10.4. The van der Waals surface area contributed by atoms with Gasteiger partial charge in [-0.15, -0.1) is 0 Å². The molecule has 1 rings (SSSR count). The van der Waals surface area contributed by atoms with Crippen molar-refractivity contribution in [3.05, 3.63) is 29.8 Å². The van der Waals surface area contributed by atoms with E-state index in [4.69, 9.17) is 5.73 Å². The second kappa shape index (κ2) is 3.67. The predicted octanol–water partition coefficient (Wildman–Crippen LogP) is 0.750. The van der Waals surface area contributed by atoms with Gasteiger partial charge in [0.2, 0.25) is 0 Å². The number of rotatable bonds is 3. The molecule has 12 heavy (non-hydrogen) atoms. The highest BCUT2D eigenvalue weighted by atomic mass is 16.1. The molecule has 0 saturated carbocycles. The summed E-state index contributed by atoms with van der Waals surface area (Å²) >= 11 is 0. The number of anilines is 1. The Morgan fingerprint density at radius 2 is 1.58 bits per heavy atom. The summed E-state index contributed by atoms with van der Waals surface area (Å²) in [6.07, 6.45) is 1.22. The number of hydrogen-bond donors (Lipinski definition) is 1. The molecule has 0 atom stereocenters. The van der Waals surface area contributed by atoms with Crippen LogP contribution in [0.1, 0.15) is 11.5 Å². The molecule has 0 aliphatic carbocycles. The second-order valence-corrected chi connectivity index (χ2v) is 2.46. The molecular weight excluding hydrogens is 154 g/mol. The predicted molar refractivity (Wildman–Crippen MR) is 45.7 cm³/mol. The van der Waals surface area contributed by atoms with Crippen LogP contribution in [-0.4, -0.2) is 12.6 Å². The van der Waals surface area contributed by atoms with Crippen molar-refractivity contribution in [1.82, 2.24) is 0 Å². The van der Waals surface area contributed by atoms with E-state index in [0.29, 0.717) is 23.8 Å². The van der Waals surface area contributed by atoms with Crippen molar-refractivity contribution >= 4 is 18.3 Å². The Balaban J connectivity index is 2.94. The summed E-state index contributed by atoms with van der Waals surface area (Å²) in [5.41, 5.74) is 6.73. The molecule has 1 aromatic rings. The van der Waals surface area contributed by atoms with Crippen molar-refractivity contribution in [1.29, 1.82) is 0 Å². The molecule has 0 aromatic heterocycles. The number of hydrogen-bond acceptors (Lipinski definition) is 3. The summed E-state index contributed by atoms with van der Waals surface area (Å²) in [5.74, 6) is -0.661. The van der Waals surface area contributed by atoms with Crippen LogP contribution in [0.4, 0.5) is 5.69 Å². The molecule has 0 amide bonds. The van der Waals surface area contributed by atoms with Gasteiger partial charge in [0.05, 0.1) is 5.92 Å². The molecule has 0 heterocycles. The van der Waals surface area contributed by atoms with E-state index in [1.807, 2.05) is 0 Å². The van der Waals surface area contributed by atoms with Crippen LogP contribution in [-0.2, 0) is 9.59 Å². The summed E-state index contributed by atoms with van der Waals surface area (Å²) in [5, 5.41) is 0. The molecule has 3 nitrogen and oxygen atoms in total. The number of carbonyl (C=O) groups excluding carboxylic acids is 2. The minimum Gasteiger partial charge on any atom is -0.399 e. The standard InChI is InChI=1S/C9H9NO2/c10-9-3-1-7(2-4-9)8(5-11)6-12/h1-6,8H,10H2. The van der Waals surface area contributed by atoms with Crippen LogP contribution in [0.25, 0.3) is 0 Å². The van der Waals surface area contributed by atoms with E-state index < -0.39 is 5.92 Å². The zero-order valence-corrected chi connectivity index (χ0v) is 6.44. The quantitative estimate of drug-likeness (QED) is 0.406. The molecule has 2 N–H and O–H groups in total. The van der Waals surface area contributed by atoms with Crippen LogP contribution >= 0.6 is 0 Å². The van der Waals surface area contributed by atoms with Gasteiger partial charge in [0.25, 0.3) is 0 Å². The minimum atomic E-state index is -0.661. The third-order valence-electron chi connectivity index (χ3n) is 1.61. The van der Waals surface area contributed by atoms with E-state index in [2.05, 4.69) is 0 Å². The average molecular weight is 163 g/mol. The maximum absolute atomic E-state index is 10.4. The van der Waals surface area contributed by atoms with Gasteiger partial charge in [0.15, 0.2) is 0 Å². The zero-order chi connectivity index (χ0) is 8.97. The lowest BCUT2D eigenvalue weighted by Gasteiger charge is -2.01. The zero-order valence-electron chi connectivity index (χ0n) is 6.44. The van der Waals surface area contributed by atoms with Crippen molar-refractivity contribution < 1.29 is 9.59 Å². The Hall–Kier alpha value is -1.64. The first-order valence-electron chi connectivity index (χ1n) is 3.54. The summed E-state index contributed by atoms with van der Waals surface area (Å²) in [6, 6.07) is 6.66. The lowest BCUT2D eigenvalue weighted by Crippen LogP contribution is -2.01. The molecular formula is C9H9NO2. The monoisotopic (exact) mass is 163 g/mol. The first-order chi connectivity index (χ1) is 5.77. The molecule has 0 fully saturated rings. The van der Waals surface area contributed by atoms with Gasteiger partial charge in [0, 0.05) is 5.69 Å². The van der Waals surface area contributed by atoms with Gasteiger partial charge in [-0.05, 0) is 17.7 Å². The van der Waals surface area contributed by atoms with Gasteiger partial charge in [-0.3, -0.25) is 0 Å². The van der Waals surface area contributed by atoms with Crippen LogP contribution in [0, 0.1) is 0 Å². The largest absolute Gasteiger partial charge is 0.399 e. The van der Waals surface area contributed by atoms with E-state index in [1.54, 1.807) is 24.3 Å². The Labute approximate surface area is 70.2 Å². The Morgan fingerprint density at radius 3 is 2.00 bits per heavy atom. The first-order valence-corrected chi connectivity index (χ1v) is 3.54. The number of aldehydes is 2. The molecule has 1 aromatic carbocycles. The fourth-order valence-corrected chi connectivity index (χ4v) is 0.907. The van der Waals surface area contributed by atoms with Gasteiger partial charge < -0.3 is 15.3 Å². The van der Waals surface area contributed by atoms with E-state index in [-0.39, 0.29) is 0 Å². The van der Waals surface area contributed by atoms with Gasteiger partial charge in [0.1, 0.15) is 12.6 Å². The molecule has 0 saturated heterocycles. The number of nitrogen functional groups attached to an aromatic ring is 1. The van der Waals surface area contributed by atoms with Crippen LogP contribution in [0.5, 0.6) is 0 Å². The molecule has 0 aliphatic heterocycles. The number of carbonyl (C=O) groups is 2. The van der Waals surface area contributed by atoms with Crippen molar-refractivity contribution in [3.8, 4) is 0 Å². The number of nitrogens with two attached hydrogens (primary N) is 1. The minimum absolute atomic E-state index is 0.610. The van der Waals surface area contributed by atoms with Crippen LogP contribution in [0.3, 0.4) is 0 Å².